The van der Waals surface area contributed by atoms with E-state index in [4.69, 9.17) is 0 Å². The van der Waals surface area contributed by atoms with E-state index in [-0.39, 0.29) is 11.1 Å². The molecule has 0 radical (unpaired) electrons. The summed E-state index contributed by atoms with van der Waals surface area (Å²) in [5.74, 6) is -2.05. The molecule has 0 unspecified atom stereocenters. The Morgan fingerprint density at radius 2 is 1.69 bits per heavy atom. The topological polar surface area (TPSA) is 125 Å². The lowest BCUT2D eigenvalue weighted by molar-refractivity contribution is 0.0616. The van der Waals surface area contributed by atoms with Crippen LogP contribution in [0.5, 0.6) is 5.88 Å². The van der Waals surface area contributed by atoms with Gasteiger partial charge >= 0.3 is 5.69 Å². The number of aromatic hydroxyl groups is 1. The summed E-state index contributed by atoms with van der Waals surface area (Å²) < 4.78 is 2.41. The van der Waals surface area contributed by atoms with Crippen molar-refractivity contribution >= 4 is 60.7 Å². The summed E-state index contributed by atoms with van der Waals surface area (Å²) in [6.07, 6.45) is 0.887. The van der Waals surface area contributed by atoms with Crippen molar-refractivity contribution in [3.63, 3.8) is 0 Å². The third kappa shape index (κ3) is 3.63. The molecule has 35 heavy (non-hydrogen) atoms. The molecule has 4 aromatic rings. The van der Waals surface area contributed by atoms with Crippen LogP contribution in [-0.4, -0.2) is 37.7 Å². The van der Waals surface area contributed by atoms with Crippen molar-refractivity contribution in [2.45, 2.75) is 6.92 Å². The second kappa shape index (κ2) is 8.43. The smallest absolute Gasteiger partial charge is 0.335 e. The van der Waals surface area contributed by atoms with Crippen molar-refractivity contribution in [1.82, 2.24) is 14.6 Å². The second-order valence-corrected chi connectivity index (χ2v) is 9.52. The predicted molar refractivity (Wildman–Crippen MR) is 137 cm³/mol. The molecule has 5 rings (SSSR count). The van der Waals surface area contributed by atoms with Crippen LogP contribution in [0.4, 0.5) is 0 Å². The maximum absolute atomic E-state index is 13.1. The molecule has 1 aromatic heterocycles. The second-order valence-electron chi connectivity index (χ2n) is 7.75. The lowest BCUT2D eigenvalue weighted by atomic mass is 9.95. The molecule has 0 saturated carbocycles. The zero-order valence-electron chi connectivity index (χ0n) is 17.9. The van der Waals surface area contributed by atoms with Gasteiger partial charge in [-0.1, -0.05) is 44.0 Å². The van der Waals surface area contributed by atoms with Crippen molar-refractivity contribution < 1.29 is 14.7 Å². The average Bonchev–Trinajstić information content (AvgIpc) is 2.81. The molecular formula is C24H14Br2N4O5. The molecule has 2 amide bonds. The highest BCUT2D eigenvalue weighted by atomic mass is 79.9. The number of carbonyl (C=O) groups is 2. The summed E-state index contributed by atoms with van der Waals surface area (Å²) in [4.78, 5) is 53.3. The van der Waals surface area contributed by atoms with Crippen LogP contribution in [0.15, 0.2) is 72.2 Å². The van der Waals surface area contributed by atoms with E-state index in [1.807, 2.05) is 0 Å². The lowest BCUT2D eigenvalue weighted by Gasteiger charge is -2.23. The third-order valence-electron chi connectivity index (χ3n) is 5.66. The molecule has 0 aliphatic carbocycles. The Labute approximate surface area is 213 Å². The highest BCUT2D eigenvalue weighted by Crippen LogP contribution is 2.34. The van der Waals surface area contributed by atoms with Gasteiger partial charge < -0.3 is 5.11 Å². The van der Waals surface area contributed by atoms with E-state index in [2.05, 4.69) is 41.9 Å². The van der Waals surface area contributed by atoms with E-state index in [1.54, 1.807) is 55.5 Å². The zero-order chi connectivity index (χ0) is 25.0. The van der Waals surface area contributed by atoms with Crippen molar-refractivity contribution in [1.29, 1.82) is 0 Å². The number of rotatable bonds is 3. The van der Waals surface area contributed by atoms with Gasteiger partial charge in [-0.05, 0) is 54.3 Å². The summed E-state index contributed by atoms with van der Waals surface area (Å²) in [6, 6.07) is 13.3. The van der Waals surface area contributed by atoms with Gasteiger partial charge in [-0.3, -0.25) is 19.4 Å². The largest absolute Gasteiger partial charge is 0.493 e. The molecule has 1 aliphatic rings. The Morgan fingerprint density at radius 1 is 0.971 bits per heavy atom. The fraction of sp³-hybridized carbons (Fsp3) is 0.0417. The van der Waals surface area contributed by atoms with Crippen molar-refractivity contribution in [3.05, 3.63) is 101 Å². The van der Waals surface area contributed by atoms with Gasteiger partial charge in [0.15, 0.2) is 0 Å². The van der Waals surface area contributed by atoms with E-state index in [9.17, 15) is 24.3 Å². The number of nitrogens with one attached hydrogen (secondary N) is 1. The Hall–Kier alpha value is -3.83. The van der Waals surface area contributed by atoms with E-state index in [0.29, 0.717) is 27.0 Å². The highest BCUT2D eigenvalue weighted by Gasteiger charge is 2.33. The molecule has 0 saturated heterocycles. The average molecular weight is 598 g/mol. The predicted octanol–water partition coefficient (Wildman–Crippen LogP) is 3.85. The Balaban J connectivity index is 1.62. The number of benzene rings is 3. The van der Waals surface area contributed by atoms with Crippen LogP contribution in [-0.2, 0) is 0 Å². The molecule has 11 heteroatoms. The van der Waals surface area contributed by atoms with Crippen LogP contribution in [0, 0.1) is 6.92 Å². The van der Waals surface area contributed by atoms with Gasteiger partial charge in [0.25, 0.3) is 17.4 Å². The number of hydrazone groups is 1. The number of hydrogen-bond donors (Lipinski definition) is 2. The molecule has 2 N–H and O–H groups in total. The number of H-pyrrole nitrogens is 1. The van der Waals surface area contributed by atoms with Gasteiger partial charge in [-0.2, -0.15) is 10.1 Å². The summed E-state index contributed by atoms with van der Waals surface area (Å²) in [7, 11) is 0. The molecular weight excluding hydrogens is 584 g/mol. The van der Waals surface area contributed by atoms with E-state index < -0.39 is 34.5 Å². The van der Waals surface area contributed by atoms with Crippen molar-refractivity contribution in [2.75, 3.05) is 0 Å². The number of amides is 2. The first kappa shape index (κ1) is 22.9. The molecule has 0 spiro atoms. The first-order chi connectivity index (χ1) is 16.7. The molecule has 9 nitrogen and oxygen atoms in total. The van der Waals surface area contributed by atoms with Crippen molar-refractivity contribution in [3.8, 4) is 11.6 Å². The number of hydrogen-bond acceptors (Lipinski definition) is 6. The van der Waals surface area contributed by atoms with Gasteiger partial charge in [0, 0.05) is 14.3 Å². The summed E-state index contributed by atoms with van der Waals surface area (Å²) >= 11 is 6.77. The normalized spacial score (nSPS) is 13.3. The lowest BCUT2D eigenvalue weighted by Crippen LogP contribution is -2.37. The monoisotopic (exact) mass is 596 g/mol. The third-order valence-corrected chi connectivity index (χ3v) is 6.84. The maximum atomic E-state index is 13.1. The number of halogens is 2. The van der Waals surface area contributed by atoms with Crippen molar-refractivity contribution in [2.24, 2.45) is 5.10 Å². The van der Waals surface area contributed by atoms with Gasteiger partial charge in [-0.15, -0.1) is 0 Å². The molecule has 0 fully saturated rings. The minimum atomic E-state index is -0.925. The Bertz CT molecular complexity index is 1720. The van der Waals surface area contributed by atoms with E-state index in [1.165, 1.54) is 0 Å². The van der Waals surface area contributed by atoms with Crippen LogP contribution in [0.2, 0.25) is 0 Å². The van der Waals surface area contributed by atoms with Crippen LogP contribution >= 0.6 is 31.9 Å². The molecule has 2 heterocycles. The van der Waals surface area contributed by atoms with Crippen LogP contribution < -0.4 is 11.2 Å². The Morgan fingerprint density at radius 3 is 2.40 bits per heavy atom. The van der Waals surface area contributed by atoms with E-state index >= 15 is 0 Å². The molecule has 1 aliphatic heterocycles. The molecule has 0 bridgehead atoms. The van der Waals surface area contributed by atoms with Crippen LogP contribution in [0.3, 0.4) is 0 Å². The summed E-state index contributed by atoms with van der Waals surface area (Å²) in [6.45, 7) is 1.73. The number of aryl methyl sites for hydroxylation is 1. The number of imide groups is 1. The molecule has 0 atom stereocenters. The fourth-order valence-electron chi connectivity index (χ4n) is 4.02. The van der Waals surface area contributed by atoms with E-state index in [0.717, 1.165) is 19.7 Å². The quantitative estimate of drug-likeness (QED) is 0.274. The first-order valence-corrected chi connectivity index (χ1v) is 11.8. The Kier molecular flexibility index (Phi) is 5.53. The highest BCUT2D eigenvalue weighted by molar-refractivity contribution is 9.11. The van der Waals surface area contributed by atoms with Crippen LogP contribution in [0.25, 0.3) is 16.5 Å². The minimum absolute atomic E-state index is 0.268. The molecule has 174 valence electrons. The minimum Gasteiger partial charge on any atom is -0.493 e. The zero-order valence-corrected chi connectivity index (χ0v) is 21.0. The van der Waals surface area contributed by atoms with Gasteiger partial charge in [0.2, 0.25) is 5.88 Å². The van der Waals surface area contributed by atoms with Gasteiger partial charge in [0.1, 0.15) is 5.56 Å². The van der Waals surface area contributed by atoms with Gasteiger partial charge in [0.05, 0.1) is 23.0 Å². The van der Waals surface area contributed by atoms with Gasteiger partial charge in [-0.25, -0.2) is 9.36 Å². The standard InChI is InChI=1S/C24H14Br2N4O5/c1-11-9-12(25)5-8-18(11)29-21(32)16(20(31)28-24(29)35)10-27-30-22(33)14-4-2-3-13-17(26)7-6-15(19(13)14)23(30)34/h2-10,32H,1H3,(H,28,31,35). The summed E-state index contributed by atoms with van der Waals surface area (Å²) in [5, 5.41) is 16.6. The summed E-state index contributed by atoms with van der Waals surface area (Å²) in [5.41, 5.74) is -0.667. The number of carbonyl (C=O) groups excluding carboxylic acids is 2. The first-order valence-electron chi connectivity index (χ1n) is 10.2. The maximum Gasteiger partial charge on any atom is 0.335 e. The SMILES string of the molecule is Cc1cc(Br)ccc1-n1c(O)c(C=NN2C(=O)c3cccc4c(Br)ccc(c34)C2=O)c(=O)[nH]c1=O. The molecule has 3 aromatic carbocycles. The number of aromatic nitrogens is 2. The number of nitrogens with zero attached hydrogens (tertiary/aromatic N) is 3. The number of aromatic amines is 1. The fourth-order valence-corrected chi connectivity index (χ4v) is 4.95. The van der Waals surface area contributed by atoms with Crippen LogP contribution in [0.1, 0.15) is 31.8 Å².